The average molecular weight is 419 g/mol. The van der Waals surface area contributed by atoms with Gasteiger partial charge in [-0.25, -0.2) is 14.4 Å². The van der Waals surface area contributed by atoms with E-state index in [1.807, 2.05) is 6.92 Å². The lowest BCUT2D eigenvalue weighted by Crippen LogP contribution is -2.41. The van der Waals surface area contributed by atoms with Crippen molar-refractivity contribution in [1.82, 2.24) is 19.9 Å². The molecule has 1 aliphatic heterocycles. The summed E-state index contributed by atoms with van der Waals surface area (Å²) in [5, 5.41) is 0. The molecular weight excluding hydrogens is 397 g/mol. The van der Waals surface area contributed by atoms with Crippen LogP contribution < -0.4 is 21.1 Å². The molecule has 158 valence electrons. The van der Waals surface area contributed by atoms with Gasteiger partial charge in [0.15, 0.2) is 5.75 Å². The zero-order valence-electron chi connectivity index (χ0n) is 17.0. The number of ether oxygens (including phenoxy) is 1. The molecule has 3 aliphatic rings. The highest BCUT2D eigenvalue weighted by Gasteiger charge is 2.45. The molecule has 2 bridgehead atoms. The van der Waals surface area contributed by atoms with Crippen molar-refractivity contribution in [1.29, 1.82) is 0 Å². The molecule has 0 radical (unpaired) electrons. The Morgan fingerprint density at radius 3 is 2.68 bits per heavy atom. The summed E-state index contributed by atoms with van der Waals surface area (Å²) in [6.45, 7) is 2.63. The number of halogens is 1. The minimum absolute atomic E-state index is 0.219. The summed E-state index contributed by atoms with van der Waals surface area (Å²) < 4.78 is 20.1. The molecule has 3 atom stereocenters. The highest BCUT2D eigenvalue weighted by molar-refractivity contribution is 5.88. The second-order valence-electron chi connectivity index (χ2n) is 8.62. The average Bonchev–Trinajstić information content (AvgIpc) is 3.41. The van der Waals surface area contributed by atoms with E-state index in [2.05, 4.69) is 19.9 Å². The Morgan fingerprint density at radius 1 is 1.16 bits per heavy atom. The third kappa shape index (κ3) is 2.91. The molecule has 1 saturated heterocycles. The zero-order valence-corrected chi connectivity index (χ0v) is 17.0. The van der Waals surface area contributed by atoms with Crippen molar-refractivity contribution in [3.8, 4) is 22.9 Å². The summed E-state index contributed by atoms with van der Waals surface area (Å²) in [7, 11) is 0. The van der Waals surface area contributed by atoms with Crippen molar-refractivity contribution in [2.45, 2.75) is 38.3 Å². The van der Waals surface area contributed by atoms with Crippen LogP contribution in [-0.4, -0.2) is 38.6 Å². The number of fused-ring (bicyclic) bond motifs is 5. The number of nitrogens with two attached hydrogens (primary N) is 2. The molecule has 9 heteroatoms. The molecule has 2 aromatic heterocycles. The lowest BCUT2D eigenvalue weighted by molar-refractivity contribution is 0.432. The van der Waals surface area contributed by atoms with Crippen molar-refractivity contribution < 1.29 is 9.13 Å². The quantitative estimate of drug-likeness (QED) is 0.487. The van der Waals surface area contributed by atoms with Crippen LogP contribution >= 0.6 is 0 Å². The predicted octanol–water partition coefficient (Wildman–Crippen LogP) is 2.59. The molecule has 1 saturated carbocycles. The van der Waals surface area contributed by atoms with E-state index in [9.17, 15) is 4.39 Å². The highest BCUT2D eigenvalue weighted by Crippen LogP contribution is 2.48. The van der Waals surface area contributed by atoms with E-state index in [-0.39, 0.29) is 17.9 Å². The van der Waals surface area contributed by atoms with E-state index in [4.69, 9.17) is 21.2 Å². The topological polar surface area (TPSA) is 116 Å². The van der Waals surface area contributed by atoms with E-state index >= 15 is 0 Å². The lowest BCUT2D eigenvalue weighted by Gasteiger charge is -2.32. The fourth-order valence-corrected chi connectivity index (χ4v) is 5.17. The number of rotatable bonds is 3. The molecule has 6 rings (SSSR count). The van der Waals surface area contributed by atoms with E-state index in [0.29, 0.717) is 35.6 Å². The van der Waals surface area contributed by atoms with Crippen molar-refractivity contribution in [3.63, 3.8) is 0 Å². The van der Waals surface area contributed by atoms with Crippen LogP contribution in [0.15, 0.2) is 24.5 Å². The first-order valence-corrected chi connectivity index (χ1v) is 10.4. The fourth-order valence-electron chi connectivity index (χ4n) is 5.17. The molecule has 4 N–H and O–H groups in total. The van der Waals surface area contributed by atoms with Crippen LogP contribution in [-0.2, 0) is 6.42 Å². The second-order valence-corrected chi connectivity index (χ2v) is 8.62. The van der Waals surface area contributed by atoms with Crippen molar-refractivity contribution >= 4 is 11.5 Å². The third-order valence-corrected chi connectivity index (χ3v) is 6.64. The van der Waals surface area contributed by atoms with E-state index in [1.54, 1.807) is 12.4 Å². The van der Waals surface area contributed by atoms with Crippen LogP contribution in [0.5, 0.6) is 11.8 Å². The largest absolute Gasteiger partial charge is 0.421 e. The summed E-state index contributed by atoms with van der Waals surface area (Å²) in [4.78, 5) is 20.0. The van der Waals surface area contributed by atoms with E-state index < -0.39 is 0 Å². The maximum absolute atomic E-state index is 14.2. The molecular formula is C22H22FN7O. The number of benzene rings is 1. The first-order chi connectivity index (χ1) is 15.0. The normalized spacial score (nSPS) is 23.2. The number of nitrogens with zero attached hydrogens (tertiary/aromatic N) is 5. The minimum atomic E-state index is -0.364. The summed E-state index contributed by atoms with van der Waals surface area (Å²) in [5.41, 5.74) is 16.1. The molecule has 31 heavy (non-hydrogen) atoms. The van der Waals surface area contributed by atoms with Crippen molar-refractivity contribution in [2.24, 2.45) is 11.7 Å². The van der Waals surface area contributed by atoms with Crippen LogP contribution in [0, 0.1) is 18.7 Å². The first-order valence-electron chi connectivity index (χ1n) is 10.4. The van der Waals surface area contributed by atoms with Crippen LogP contribution in [0.2, 0.25) is 0 Å². The maximum atomic E-state index is 14.2. The Balaban J connectivity index is 1.47. The Bertz CT molecular complexity index is 1200. The monoisotopic (exact) mass is 419 g/mol. The van der Waals surface area contributed by atoms with Gasteiger partial charge in [-0.2, -0.15) is 9.97 Å². The number of nitrogen functional groups attached to an aromatic ring is 1. The first kappa shape index (κ1) is 18.4. The number of hydrogen-bond donors (Lipinski definition) is 2. The molecule has 1 aromatic carbocycles. The fraction of sp³-hybridized carbons (Fsp3) is 0.364. The Kier molecular flexibility index (Phi) is 3.92. The van der Waals surface area contributed by atoms with Gasteiger partial charge in [0.2, 0.25) is 0 Å². The molecule has 0 amide bonds. The number of piperidine rings is 1. The van der Waals surface area contributed by atoms with Gasteiger partial charge < -0.3 is 21.1 Å². The summed E-state index contributed by atoms with van der Waals surface area (Å²) in [6, 6.07) is 3.63. The number of anilines is 2. The van der Waals surface area contributed by atoms with Gasteiger partial charge in [0.05, 0.1) is 18.1 Å². The molecule has 2 aliphatic carbocycles. The zero-order chi connectivity index (χ0) is 21.3. The summed E-state index contributed by atoms with van der Waals surface area (Å²) >= 11 is 0. The van der Waals surface area contributed by atoms with Crippen molar-refractivity contribution in [2.75, 3.05) is 17.2 Å². The van der Waals surface area contributed by atoms with Gasteiger partial charge in [0.1, 0.15) is 17.5 Å². The number of aromatic nitrogens is 4. The van der Waals surface area contributed by atoms with Gasteiger partial charge in [-0.05, 0) is 48.9 Å². The second kappa shape index (κ2) is 6.58. The van der Waals surface area contributed by atoms with Crippen LogP contribution in [0.1, 0.15) is 29.9 Å². The standard InChI is InChI=1S/C22H22FN7O/c1-10-26-7-14(8-27-10)31-22-28-19-6-15-16(3-12(23)4-18(15)25)20(19)21(29-22)30-9-11-2-13(30)5-17(11)24/h3-4,7-8,11,13,17H,2,5-6,9,24-25H2,1H3. The summed E-state index contributed by atoms with van der Waals surface area (Å²) in [5.74, 6) is 1.94. The molecule has 2 fully saturated rings. The van der Waals surface area contributed by atoms with Gasteiger partial charge in [-0.15, -0.1) is 0 Å². The van der Waals surface area contributed by atoms with Gasteiger partial charge in [-0.1, -0.05) is 0 Å². The number of hydrogen-bond acceptors (Lipinski definition) is 8. The van der Waals surface area contributed by atoms with Crippen LogP contribution in [0.3, 0.4) is 0 Å². The third-order valence-electron chi connectivity index (χ3n) is 6.64. The van der Waals surface area contributed by atoms with Gasteiger partial charge in [0, 0.05) is 36.3 Å². The van der Waals surface area contributed by atoms with Gasteiger partial charge in [-0.3, -0.25) is 0 Å². The molecule has 3 unspecified atom stereocenters. The predicted molar refractivity (Wildman–Crippen MR) is 113 cm³/mol. The molecule has 3 aromatic rings. The smallest absolute Gasteiger partial charge is 0.324 e. The minimum Gasteiger partial charge on any atom is -0.421 e. The highest BCUT2D eigenvalue weighted by atomic mass is 19.1. The maximum Gasteiger partial charge on any atom is 0.324 e. The van der Waals surface area contributed by atoms with E-state index in [1.165, 1.54) is 12.1 Å². The Hall–Kier alpha value is -3.33. The Morgan fingerprint density at radius 2 is 1.97 bits per heavy atom. The van der Waals surface area contributed by atoms with Gasteiger partial charge >= 0.3 is 6.01 Å². The Labute approximate surface area is 178 Å². The SMILES string of the molecule is Cc1ncc(Oc2nc3c(c(N4CC5CC4CC5N)n2)-c2cc(F)cc(N)c2C3)cn1. The number of aryl methyl sites for hydroxylation is 1. The van der Waals surface area contributed by atoms with Crippen molar-refractivity contribution in [3.05, 3.63) is 47.4 Å². The summed E-state index contributed by atoms with van der Waals surface area (Å²) in [6.07, 6.45) is 5.66. The molecule has 3 heterocycles. The van der Waals surface area contributed by atoms with E-state index in [0.717, 1.165) is 47.6 Å². The molecule has 8 nitrogen and oxygen atoms in total. The van der Waals surface area contributed by atoms with Gasteiger partial charge in [0.25, 0.3) is 0 Å². The van der Waals surface area contributed by atoms with Crippen LogP contribution in [0.25, 0.3) is 11.1 Å². The molecule has 0 spiro atoms. The van der Waals surface area contributed by atoms with Crippen LogP contribution in [0.4, 0.5) is 15.9 Å². The lowest BCUT2D eigenvalue weighted by atomic mass is 10.0.